The fourth-order valence-corrected chi connectivity index (χ4v) is 0. The van der Waals surface area contributed by atoms with Crippen LogP contribution in [0.5, 0.6) is 0 Å². The second kappa shape index (κ2) is 6.00. The normalized spacial score (nSPS) is 8.75. The monoisotopic (exact) mass is 149 g/mol. The second-order valence-electron chi connectivity index (χ2n) is 0.871. The summed E-state index contributed by atoms with van der Waals surface area (Å²) in [6.45, 7) is 1.37. The van der Waals surface area contributed by atoms with E-state index in [9.17, 15) is 8.42 Å². The van der Waals surface area contributed by atoms with Crippen LogP contribution < -0.4 is 29.6 Å². The first kappa shape index (κ1) is 15.9. The van der Waals surface area contributed by atoms with Crippen LogP contribution in [0.25, 0.3) is 6.15 Å². The Morgan fingerprint density at radius 2 is 1.62 bits per heavy atom. The molecule has 0 aromatic carbocycles. The largest absolute Gasteiger partial charge is 1.00 e. The molecule has 8 heavy (non-hydrogen) atoms. The van der Waals surface area contributed by atoms with Gasteiger partial charge >= 0.3 is 29.6 Å². The van der Waals surface area contributed by atoms with E-state index in [0.29, 0.717) is 0 Å². The van der Waals surface area contributed by atoms with Gasteiger partial charge in [0.2, 0.25) is 0 Å². The summed E-state index contributed by atoms with van der Waals surface area (Å²) in [6, 6.07) is 0. The maximum absolute atomic E-state index is 9.56. The minimum absolute atomic E-state index is 0. The Morgan fingerprint density at radius 3 is 1.62 bits per heavy atom. The maximum Gasteiger partial charge on any atom is 1.00 e. The Bertz CT molecular complexity index is 119. The summed E-state index contributed by atoms with van der Waals surface area (Å²) in [6.07, 6.45) is 0. The van der Waals surface area contributed by atoms with E-state index in [-0.39, 0.29) is 41.5 Å². The Labute approximate surface area is 71.3 Å². The van der Waals surface area contributed by atoms with Gasteiger partial charge in [0.25, 0.3) is 10.1 Å². The van der Waals surface area contributed by atoms with Gasteiger partial charge in [0, 0.05) is 0 Å². The van der Waals surface area contributed by atoms with Crippen LogP contribution >= 0.6 is 0 Å². The van der Waals surface area contributed by atoms with E-state index in [1.165, 1.54) is 6.92 Å². The molecule has 0 atom stereocenters. The van der Waals surface area contributed by atoms with Crippen molar-refractivity contribution in [2.75, 3.05) is 5.75 Å². The van der Waals surface area contributed by atoms with Crippen molar-refractivity contribution in [1.82, 2.24) is 0 Å². The quantitative estimate of drug-likeness (QED) is 0.333. The van der Waals surface area contributed by atoms with Gasteiger partial charge in [-0.15, -0.1) is 0 Å². The van der Waals surface area contributed by atoms with Crippen molar-refractivity contribution in [2.45, 2.75) is 6.92 Å². The van der Waals surface area contributed by atoms with Crippen LogP contribution in [0.4, 0.5) is 0 Å². The van der Waals surface area contributed by atoms with E-state index in [2.05, 4.69) is 0 Å². The molecule has 4 nitrogen and oxygen atoms in total. The Morgan fingerprint density at radius 1 is 1.50 bits per heavy atom. The van der Waals surface area contributed by atoms with Crippen LogP contribution in [0, 0.1) is 0 Å². The summed E-state index contributed by atoms with van der Waals surface area (Å²) in [5, 5.41) is 0. The zero-order valence-corrected chi connectivity index (χ0v) is 7.77. The molecule has 46 valence electrons. The molecule has 0 rings (SSSR count). The van der Waals surface area contributed by atoms with Crippen LogP contribution in [0.2, 0.25) is 0 Å². The van der Waals surface area contributed by atoms with Crippen LogP contribution in [-0.2, 0) is 10.1 Å². The Hall–Kier alpha value is 0.870. The van der Waals surface area contributed by atoms with Gasteiger partial charge in [-0.1, -0.05) is 0 Å². The van der Waals surface area contributed by atoms with Gasteiger partial charge in [-0.05, 0) is 6.92 Å². The fraction of sp³-hybridized carbons (Fsp3) is 1.00. The first-order valence-corrected chi connectivity index (χ1v) is 3.12. The molecular weight excluding hydrogens is 141 g/mol. The summed E-state index contributed by atoms with van der Waals surface area (Å²) in [5.41, 5.74) is 0. The van der Waals surface area contributed by atoms with Crippen LogP contribution in [0.3, 0.4) is 0 Å². The van der Waals surface area contributed by atoms with Crippen LogP contribution in [0.1, 0.15) is 6.92 Å². The van der Waals surface area contributed by atoms with Gasteiger partial charge in [-0.3, -0.25) is 4.55 Å². The first-order valence-electron chi connectivity index (χ1n) is 1.51. The molecule has 6 heteroatoms. The van der Waals surface area contributed by atoms with E-state index < -0.39 is 10.1 Å². The molecule has 0 aromatic heterocycles. The van der Waals surface area contributed by atoms with Gasteiger partial charge in [-0.2, -0.15) is 8.42 Å². The molecule has 0 amide bonds. The predicted octanol–water partition coefficient (Wildman–Crippen LogP) is -2.38. The molecule has 0 heterocycles. The molecule has 0 unspecified atom stereocenters. The van der Waals surface area contributed by atoms with E-state index in [1.54, 1.807) is 0 Å². The summed E-state index contributed by atoms with van der Waals surface area (Å²) >= 11 is 0. The van der Waals surface area contributed by atoms with Crippen molar-refractivity contribution >= 4 is 10.1 Å². The van der Waals surface area contributed by atoms with Gasteiger partial charge < -0.3 is 6.15 Å². The van der Waals surface area contributed by atoms with Crippen molar-refractivity contribution in [2.24, 2.45) is 0 Å². The summed E-state index contributed by atoms with van der Waals surface area (Å²) < 4.78 is 26.9. The first-order chi connectivity index (χ1) is 2.56. The van der Waals surface area contributed by atoms with Gasteiger partial charge in [0.1, 0.15) is 0 Å². The van der Waals surface area contributed by atoms with Crippen molar-refractivity contribution < 1.29 is 42.5 Å². The average molecular weight is 149 g/mol. The van der Waals surface area contributed by atoms with Crippen molar-refractivity contribution in [3.8, 4) is 0 Å². The number of hydrogen-bond acceptors (Lipinski definition) is 2. The predicted molar refractivity (Wildman–Crippen MR) is 27.4 cm³/mol. The summed E-state index contributed by atoms with van der Waals surface area (Å²) in [4.78, 5) is 0. The molecule has 0 saturated heterocycles. The molecule has 0 spiro atoms. The Kier molecular flexibility index (Phi) is 12.0. The molecule has 0 aliphatic heterocycles. The smallest absolute Gasteiger partial charge is 0.693 e. The van der Waals surface area contributed by atoms with Crippen LogP contribution in [0.15, 0.2) is 0 Å². The summed E-state index contributed by atoms with van der Waals surface area (Å²) in [7, 11) is -3.66. The third kappa shape index (κ3) is 15.8. The van der Waals surface area contributed by atoms with E-state index in [0.717, 1.165) is 0 Å². The topological polar surface area (TPSA) is 87.9 Å². The van der Waals surface area contributed by atoms with E-state index in [4.69, 9.17) is 4.55 Å². The number of nitrogens with two attached hydrogens (primary N) is 1. The zero-order chi connectivity index (χ0) is 5.21. The molecule has 0 aliphatic carbocycles. The standard InChI is InChI=1S/C2H6O3S.H2N.Na/c1-2-6(3,4)5;;/h2H2,1H3,(H,3,4,5);1H2;/q;-1;+1. The summed E-state index contributed by atoms with van der Waals surface area (Å²) in [5.74, 6) is -0.201. The molecular formula is C2H8NNaO3S. The molecule has 0 fully saturated rings. The molecule has 0 radical (unpaired) electrons. The van der Waals surface area contributed by atoms with Crippen molar-refractivity contribution in [3.05, 3.63) is 6.15 Å². The minimum Gasteiger partial charge on any atom is -0.693 e. The second-order valence-corrected chi connectivity index (χ2v) is 2.61. The molecule has 0 bridgehead atoms. The number of hydrogen-bond donors (Lipinski definition) is 1. The minimum atomic E-state index is -3.66. The zero-order valence-electron chi connectivity index (χ0n) is 4.96. The third-order valence-electron chi connectivity index (χ3n) is 0.365. The van der Waals surface area contributed by atoms with Crippen LogP contribution in [-0.4, -0.2) is 18.7 Å². The van der Waals surface area contributed by atoms with Gasteiger partial charge in [-0.25, -0.2) is 0 Å². The van der Waals surface area contributed by atoms with Gasteiger partial charge in [0.05, 0.1) is 5.75 Å². The average Bonchev–Trinajstić information content (AvgIpc) is 1.35. The molecule has 0 saturated carbocycles. The maximum atomic E-state index is 9.56. The fourth-order valence-electron chi connectivity index (χ4n) is 0. The van der Waals surface area contributed by atoms with E-state index >= 15 is 0 Å². The molecule has 3 N–H and O–H groups in total. The van der Waals surface area contributed by atoms with Crippen molar-refractivity contribution in [1.29, 1.82) is 0 Å². The molecule has 0 aliphatic rings. The SMILES string of the molecule is CCS(=O)(=O)O.[NH2-].[Na+]. The molecule has 0 aromatic rings. The number of rotatable bonds is 1. The van der Waals surface area contributed by atoms with Gasteiger partial charge in [0.15, 0.2) is 0 Å². The van der Waals surface area contributed by atoms with Crippen molar-refractivity contribution in [3.63, 3.8) is 0 Å². The van der Waals surface area contributed by atoms with E-state index in [1.807, 2.05) is 0 Å². The Balaban J connectivity index is -0.000000125. The third-order valence-corrected chi connectivity index (χ3v) is 1.09.